The zero-order chi connectivity index (χ0) is 12.0. The molecule has 0 N–H and O–H groups in total. The summed E-state index contributed by atoms with van der Waals surface area (Å²) in [6.07, 6.45) is 6.85. The summed E-state index contributed by atoms with van der Waals surface area (Å²) in [6.45, 7) is 2.44. The highest BCUT2D eigenvalue weighted by molar-refractivity contribution is 7.99. The van der Waals surface area contributed by atoms with E-state index in [4.69, 9.17) is 0 Å². The zero-order valence-corrected chi connectivity index (χ0v) is 11.0. The molecule has 0 bridgehead atoms. The van der Waals surface area contributed by atoms with Gasteiger partial charge in [-0.2, -0.15) is 11.8 Å². The number of amides is 1. The Labute approximate surface area is 102 Å². The molecule has 3 nitrogen and oxygen atoms in total. The lowest BCUT2D eigenvalue weighted by molar-refractivity contribution is -0.131. The number of rotatable bonds is 4. The molecule has 1 saturated heterocycles. The molecule has 1 rings (SSSR count). The molecular formula is C12H21NO2S. The first-order valence-corrected chi connectivity index (χ1v) is 7.32. The van der Waals surface area contributed by atoms with Gasteiger partial charge in [-0.05, 0) is 26.0 Å². The fourth-order valence-electron chi connectivity index (χ4n) is 2.26. The molecule has 1 aliphatic rings. The maximum atomic E-state index is 11.9. The third kappa shape index (κ3) is 4.16. The van der Waals surface area contributed by atoms with Crippen LogP contribution in [0.25, 0.3) is 0 Å². The largest absolute Gasteiger partial charge is 0.339 e. The Morgan fingerprint density at radius 3 is 2.69 bits per heavy atom. The van der Waals surface area contributed by atoms with Crippen molar-refractivity contribution in [1.82, 2.24) is 4.90 Å². The summed E-state index contributed by atoms with van der Waals surface area (Å²) in [4.78, 5) is 25.1. The van der Waals surface area contributed by atoms with Crippen molar-refractivity contribution < 1.29 is 9.59 Å². The first-order valence-electron chi connectivity index (χ1n) is 5.93. The van der Waals surface area contributed by atoms with Gasteiger partial charge in [0, 0.05) is 19.0 Å². The van der Waals surface area contributed by atoms with E-state index in [0.717, 1.165) is 25.8 Å². The first kappa shape index (κ1) is 13.6. The summed E-state index contributed by atoms with van der Waals surface area (Å²) in [6, 6.07) is 0.152. The maximum absolute atomic E-state index is 11.9. The standard InChI is InChI=1S/C12H21NO2S/c1-10(14)8-11-6-4-3-5-7-13(11)12(15)9-16-2/h11H,3-9H2,1-2H3. The van der Waals surface area contributed by atoms with Crippen molar-refractivity contribution in [1.29, 1.82) is 0 Å². The molecule has 1 aliphatic heterocycles. The van der Waals surface area contributed by atoms with Crippen LogP contribution in [0.1, 0.15) is 39.0 Å². The van der Waals surface area contributed by atoms with E-state index in [1.807, 2.05) is 11.2 Å². The van der Waals surface area contributed by atoms with E-state index in [1.54, 1.807) is 18.7 Å². The van der Waals surface area contributed by atoms with E-state index in [2.05, 4.69) is 0 Å². The Bertz CT molecular complexity index is 255. The van der Waals surface area contributed by atoms with Crippen LogP contribution in [0.4, 0.5) is 0 Å². The van der Waals surface area contributed by atoms with Crippen molar-refractivity contribution in [2.75, 3.05) is 18.6 Å². The van der Waals surface area contributed by atoms with Gasteiger partial charge in [0.2, 0.25) is 5.91 Å². The fraction of sp³-hybridized carbons (Fsp3) is 0.833. The summed E-state index contributed by atoms with van der Waals surface area (Å²) in [5.74, 6) is 0.920. The molecule has 1 amide bonds. The van der Waals surface area contributed by atoms with E-state index in [9.17, 15) is 9.59 Å². The smallest absolute Gasteiger partial charge is 0.232 e. The molecule has 0 aromatic heterocycles. The molecule has 4 heteroatoms. The first-order chi connectivity index (χ1) is 7.65. The van der Waals surface area contributed by atoms with E-state index < -0.39 is 0 Å². The van der Waals surface area contributed by atoms with Crippen LogP contribution < -0.4 is 0 Å². The second-order valence-corrected chi connectivity index (χ2v) is 5.30. The maximum Gasteiger partial charge on any atom is 0.232 e. The van der Waals surface area contributed by atoms with Crippen LogP contribution in [0.2, 0.25) is 0 Å². The van der Waals surface area contributed by atoms with Gasteiger partial charge < -0.3 is 4.90 Å². The Hall–Kier alpha value is -0.510. The number of nitrogens with zero attached hydrogens (tertiary/aromatic N) is 1. The molecule has 1 atom stereocenters. The Morgan fingerprint density at radius 1 is 1.31 bits per heavy atom. The van der Waals surface area contributed by atoms with Crippen molar-refractivity contribution >= 4 is 23.5 Å². The van der Waals surface area contributed by atoms with Crippen LogP contribution >= 0.6 is 11.8 Å². The van der Waals surface area contributed by atoms with E-state index >= 15 is 0 Å². The second-order valence-electron chi connectivity index (χ2n) is 4.43. The van der Waals surface area contributed by atoms with E-state index in [0.29, 0.717) is 12.2 Å². The van der Waals surface area contributed by atoms with Crippen LogP contribution in [-0.2, 0) is 9.59 Å². The van der Waals surface area contributed by atoms with Crippen LogP contribution in [0, 0.1) is 0 Å². The number of hydrogen-bond donors (Lipinski definition) is 0. The number of hydrogen-bond acceptors (Lipinski definition) is 3. The number of carbonyl (C=O) groups is 2. The lowest BCUT2D eigenvalue weighted by Gasteiger charge is -2.29. The Balaban J connectivity index is 2.64. The number of likely N-dealkylation sites (tertiary alicyclic amines) is 1. The lowest BCUT2D eigenvalue weighted by atomic mass is 10.0. The number of Topliss-reactive ketones (excluding diaryl/α,β-unsaturated/α-hetero) is 1. The molecule has 1 unspecified atom stereocenters. The molecule has 0 aromatic carbocycles. The quantitative estimate of drug-likeness (QED) is 0.759. The monoisotopic (exact) mass is 243 g/mol. The summed E-state index contributed by atoms with van der Waals surface area (Å²) in [7, 11) is 0. The van der Waals surface area contributed by atoms with Crippen molar-refractivity contribution in [2.24, 2.45) is 0 Å². The van der Waals surface area contributed by atoms with Crippen molar-refractivity contribution in [2.45, 2.75) is 45.1 Å². The third-order valence-corrected chi connectivity index (χ3v) is 3.52. The van der Waals surface area contributed by atoms with Gasteiger partial charge in [-0.15, -0.1) is 0 Å². The van der Waals surface area contributed by atoms with Gasteiger partial charge in [0.25, 0.3) is 0 Å². The molecule has 0 saturated carbocycles. The van der Waals surface area contributed by atoms with Crippen molar-refractivity contribution in [3.8, 4) is 0 Å². The Kier molecular flexibility index (Phi) is 5.88. The highest BCUT2D eigenvalue weighted by Gasteiger charge is 2.25. The second kappa shape index (κ2) is 6.94. The van der Waals surface area contributed by atoms with Crippen molar-refractivity contribution in [3.05, 3.63) is 0 Å². The molecule has 0 radical (unpaired) electrons. The normalized spacial score (nSPS) is 21.6. The lowest BCUT2D eigenvalue weighted by Crippen LogP contribution is -2.41. The minimum atomic E-state index is 0.152. The highest BCUT2D eigenvalue weighted by Crippen LogP contribution is 2.20. The number of ketones is 1. The van der Waals surface area contributed by atoms with Gasteiger partial charge in [0.15, 0.2) is 0 Å². The van der Waals surface area contributed by atoms with Crippen molar-refractivity contribution in [3.63, 3.8) is 0 Å². The topological polar surface area (TPSA) is 37.4 Å². The van der Waals surface area contributed by atoms with Crippen LogP contribution in [0.3, 0.4) is 0 Å². The van der Waals surface area contributed by atoms with E-state index in [1.165, 1.54) is 6.42 Å². The average Bonchev–Trinajstić information content (AvgIpc) is 2.43. The average molecular weight is 243 g/mol. The molecule has 0 aromatic rings. The van der Waals surface area contributed by atoms with Crippen LogP contribution in [0.5, 0.6) is 0 Å². The van der Waals surface area contributed by atoms with Gasteiger partial charge in [0.1, 0.15) is 5.78 Å². The summed E-state index contributed by atoms with van der Waals surface area (Å²) in [5, 5.41) is 0. The number of carbonyl (C=O) groups excluding carboxylic acids is 2. The highest BCUT2D eigenvalue weighted by atomic mass is 32.2. The molecule has 1 heterocycles. The predicted octanol–water partition coefficient (Wildman–Crippen LogP) is 2.10. The van der Waals surface area contributed by atoms with E-state index in [-0.39, 0.29) is 17.7 Å². The summed E-state index contributed by atoms with van der Waals surface area (Å²) in [5.41, 5.74) is 0. The molecule has 0 aliphatic carbocycles. The van der Waals surface area contributed by atoms with Gasteiger partial charge >= 0.3 is 0 Å². The van der Waals surface area contributed by atoms with Crippen LogP contribution in [-0.4, -0.2) is 41.2 Å². The molecule has 0 spiro atoms. The Morgan fingerprint density at radius 2 is 2.06 bits per heavy atom. The zero-order valence-electron chi connectivity index (χ0n) is 10.2. The SMILES string of the molecule is CSCC(=O)N1CCCCCC1CC(C)=O. The number of thioether (sulfide) groups is 1. The van der Waals surface area contributed by atoms with Crippen LogP contribution in [0.15, 0.2) is 0 Å². The van der Waals surface area contributed by atoms with Gasteiger partial charge in [-0.3, -0.25) is 9.59 Å². The molecule has 92 valence electrons. The summed E-state index contributed by atoms with van der Waals surface area (Å²) < 4.78 is 0. The minimum absolute atomic E-state index is 0.152. The molecule has 1 fully saturated rings. The van der Waals surface area contributed by atoms with Gasteiger partial charge in [-0.25, -0.2) is 0 Å². The van der Waals surface area contributed by atoms with Gasteiger partial charge in [0.05, 0.1) is 5.75 Å². The molecule has 16 heavy (non-hydrogen) atoms. The molecular weight excluding hydrogens is 222 g/mol. The minimum Gasteiger partial charge on any atom is -0.339 e. The van der Waals surface area contributed by atoms with Gasteiger partial charge in [-0.1, -0.05) is 12.8 Å². The third-order valence-electron chi connectivity index (χ3n) is 2.99. The predicted molar refractivity (Wildman–Crippen MR) is 67.6 cm³/mol. The summed E-state index contributed by atoms with van der Waals surface area (Å²) >= 11 is 1.55. The fourth-order valence-corrected chi connectivity index (χ4v) is 2.67.